The highest BCUT2D eigenvalue weighted by Gasteiger charge is 2.45. The maximum atomic E-state index is 13.0. The molecule has 1 amide bonds. The molecular weight excluding hydrogens is 356 g/mol. The lowest BCUT2D eigenvalue weighted by Crippen LogP contribution is -2.51. The SMILES string of the molecule is CCOC(=O)C1(Cc2cccc(OC)c2)CCCN(C(=O)c2cccnc2)C1. The van der Waals surface area contributed by atoms with E-state index in [4.69, 9.17) is 9.47 Å². The number of piperidine rings is 1. The molecule has 0 radical (unpaired) electrons. The fourth-order valence-electron chi connectivity index (χ4n) is 3.82. The molecule has 1 aromatic carbocycles. The second-order valence-electron chi connectivity index (χ2n) is 7.10. The fraction of sp³-hybridized carbons (Fsp3) is 0.409. The van der Waals surface area contributed by atoms with E-state index in [1.165, 1.54) is 0 Å². The highest BCUT2D eigenvalue weighted by molar-refractivity contribution is 5.94. The molecule has 1 fully saturated rings. The van der Waals surface area contributed by atoms with Crippen LogP contribution in [0.2, 0.25) is 0 Å². The standard InChI is InChI=1S/C22H26N2O4/c1-3-28-21(26)22(14-17-7-4-9-19(13-17)27-2)10-6-12-24(16-22)20(25)18-8-5-11-23-15-18/h4-5,7-9,11,13,15H,3,6,10,12,14,16H2,1-2H3. The molecule has 2 aromatic rings. The summed E-state index contributed by atoms with van der Waals surface area (Å²) in [6.07, 6.45) is 5.12. The van der Waals surface area contributed by atoms with Crippen LogP contribution in [0.15, 0.2) is 48.8 Å². The highest BCUT2D eigenvalue weighted by atomic mass is 16.5. The van der Waals surface area contributed by atoms with Gasteiger partial charge in [0.15, 0.2) is 0 Å². The Morgan fingerprint density at radius 2 is 2.11 bits per heavy atom. The molecule has 28 heavy (non-hydrogen) atoms. The first kappa shape index (κ1) is 19.9. The fourth-order valence-corrected chi connectivity index (χ4v) is 3.82. The van der Waals surface area contributed by atoms with E-state index in [0.717, 1.165) is 17.7 Å². The quantitative estimate of drug-likeness (QED) is 0.718. The van der Waals surface area contributed by atoms with Crippen LogP contribution in [0, 0.1) is 5.41 Å². The van der Waals surface area contributed by atoms with Gasteiger partial charge in [-0.3, -0.25) is 14.6 Å². The molecule has 0 saturated carbocycles. The van der Waals surface area contributed by atoms with E-state index in [1.807, 2.05) is 24.3 Å². The van der Waals surface area contributed by atoms with Crippen molar-refractivity contribution < 1.29 is 19.1 Å². The van der Waals surface area contributed by atoms with Gasteiger partial charge in [-0.05, 0) is 56.0 Å². The smallest absolute Gasteiger partial charge is 0.314 e. The molecule has 0 spiro atoms. The van der Waals surface area contributed by atoms with E-state index < -0.39 is 5.41 Å². The first-order valence-corrected chi connectivity index (χ1v) is 9.57. The van der Waals surface area contributed by atoms with Gasteiger partial charge in [0, 0.05) is 25.5 Å². The van der Waals surface area contributed by atoms with Crippen LogP contribution in [-0.2, 0) is 16.0 Å². The molecule has 0 aliphatic carbocycles. The molecule has 1 unspecified atom stereocenters. The normalized spacial score (nSPS) is 19.1. The first-order valence-electron chi connectivity index (χ1n) is 9.57. The van der Waals surface area contributed by atoms with Gasteiger partial charge in [0.25, 0.3) is 5.91 Å². The number of hydrogen-bond acceptors (Lipinski definition) is 5. The van der Waals surface area contributed by atoms with Crippen LogP contribution in [-0.4, -0.2) is 48.6 Å². The summed E-state index contributed by atoms with van der Waals surface area (Å²) >= 11 is 0. The molecule has 1 aliphatic heterocycles. The van der Waals surface area contributed by atoms with Crippen molar-refractivity contribution in [3.05, 3.63) is 59.9 Å². The zero-order valence-corrected chi connectivity index (χ0v) is 16.4. The number of nitrogens with zero attached hydrogens (tertiary/aromatic N) is 2. The molecule has 1 saturated heterocycles. The largest absolute Gasteiger partial charge is 0.497 e. The summed E-state index contributed by atoms with van der Waals surface area (Å²) in [7, 11) is 1.62. The molecule has 1 aliphatic rings. The molecule has 3 rings (SSSR count). The van der Waals surface area contributed by atoms with Gasteiger partial charge in [-0.1, -0.05) is 12.1 Å². The second-order valence-corrected chi connectivity index (χ2v) is 7.10. The molecule has 0 bridgehead atoms. The summed E-state index contributed by atoms with van der Waals surface area (Å²) in [6, 6.07) is 11.2. The molecule has 0 N–H and O–H groups in total. The number of methoxy groups -OCH3 is 1. The Balaban J connectivity index is 1.88. The van der Waals surface area contributed by atoms with Crippen molar-refractivity contribution in [3.8, 4) is 5.75 Å². The second kappa shape index (κ2) is 8.87. The molecule has 2 heterocycles. The number of pyridine rings is 1. The van der Waals surface area contributed by atoms with E-state index in [9.17, 15) is 9.59 Å². The number of likely N-dealkylation sites (tertiary alicyclic amines) is 1. The van der Waals surface area contributed by atoms with E-state index in [2.05, 4.69) is 4.98 Å². The number of carbonyl (C=O) groups is 2. The number of ether oxygens (including phenoxy) is 2. The Labute approximate surface area is 165 Å². The van der Waals surface area contributed by atoms with Gasteiger partial charge in [-0.25, -0.2) is 0 Å². The van der Waals surface area contributed by atoms with E-state index in [0.29, 0.717) is 38.1 Å². The van der Waals surface area contributed by atoms with Crippen LogP contribution >= 0.6 is 0 Å². The Kier molecular flexibility index (Phi) is 6.29. The number of benzene rings is 1. The number of carbonyl (C=O) groups excluding carboxylic acids is 2. The van der Waals surface area contributed by atoms with E-state index in [-0.39, 0.29) is 11.9 Å². The van der Waals surface area contributed by atoms with Gasteiger partial charge in [0.05, 0.1) is 24.7 Å². The van der Waals surface area contributed by atoms with Crippen molar-refractivity contribution in [3.63, 3.8) is 0 Å². The molecule has 1 atom stereocenters. The minimum Gasteiger partial charge on any atom is -0.497 e. The topological polar surface area (TPSA) is 68.7 Å². The van der Waals surface area contributed by atoms with Crippen molar-refractivity contribution in [2.24, 2.45) is 5.41 Å². The maximum absolute atomic E-state index is 13.0. The summed E-state index contributed by atoms with van der Waals surface area (Å²) in [6.45, 7) is 3.07. The van der Waals surface area contributed by atoms with Crippen LogP contribution in [0.25, 0.3) is 0 Å². The maximum Gasteiger partial charge on any atom is 0.314 e. The third-order valence-electron chi connectivity index (χ3n) is 5.16. The molecule has 148 valence electrons. The summed E-state index contributed by atoms with van der Waals surface area (Å²) in [5.41, 5.74) is 0.755. The third-order valence-corrected chi connectivity index (χ3v) is 5.16. The average Bonchev–Trinajstić information content (AvgIpc) is 2.74. The number of esters is 1. The van der Waals surface area contributed by atoms with Gasteiger partial charge >= 0.3 is 5.97 Å². The number of aromatic nitrogens is 1. The molecular formula is C22H26N2O4. The number of rotatable bonds is 6. The van der Waals surface area contributed by atoms with Crippen molar-refractivity contribution >= 4 is 11.9 Å². The Morgan fingerprint density at radius 3 is 2.82 bits per heavy atom. The minimum absolute atomic E-state index is 0.105. The van der Waals surface area contributed by atoms with Gasteiger partial charge in [0.2, 0.25) is 0 Å². The van der Waals surface area contributed by atoms with Crippen molar-refractivity contribution in [2.45, 2.75) is 26.2 Å². The van der Waals surface area contributed by atoms with Crippen LogP contribution in [0.5, 0.6) is 5.75 Å². The zero-order valence-electron chi connectivity index (χ0n) is 16.4. The summed E-state index contributed by atoms with van der Waals surface area (Å²) < 4.78 is 10.7. The van der Waals surface area contributed by atoms with Gasteiger partial charge < -0.3 is 14.4 Å². The molecule has 6 nitrogen and oxygen atoms in total. The molecule has 1 aromatic heterocycles. The Morgan fingerprint density at radius 1 is 1.25 bits per heavy atom. The van der Waals surface area contributed by atoms with Gasteiger partial charge in [-0.15, -0.1) is 0 Å². The van der Waals surface area contributed by atoms with Crippen molar-refractivity contribution in [1.82, 2.24) is 9.88 Å². The third kappa shape index (κ3) is 4.32. The Bertz CT molecular complexity index is 824. The lowest BCUT2D eigenvalue weighted by Gasteiger charge is -2.41. The monoisotopic (exact) mass is 382 g/mol. The van der Waals surface area contributed by atoms with Crippen molar-refractivity contribution in [1.29, 1.82) is 0 Å². The summed E-state index contributed by atoms with van der Waals surface area (Å²) in [5, 5.41) is 0. The Hall–Kier alpha value is -2.89. The van der Waals surface area contributed by atoms with Crippen LogP contribution in [0.3, 0.4) is 0 Å². The predicted molar refractivity (Wildman–Crippen MR) is 105 cm³/mol. The predicted octanol–water partition coefficient (Wildman–Crippen LogP) is 3.12. The highest BCUT2D eigenvalue weighted by Crippen LogP contribution is 2.36. The zero-order chi connectivity index (χ0) is 20.0. The van der Waals surface area contributed by atoms with Crippen LogP contribution < -0.4 is 4.74 Å². The van der Waals surface area contributed by atoms with E-state index >= 15 is 0 Å². The molecule has 6 heteroatoms. The van der Waals surface area contributed by atoms with Gasteiger partial charge in [-0.2, -0.15) is 0 Å². The van der Waals surface area contributed by atoms with Gasteiger partial charge in [0.1, 0.15) is 5.75 Å². The van der Waals surface area contributed by atoms with Crippen LogP contribution in [0.1, 0.15) is 35.7 Å². The van der Waals surface area contributed by atoms with Crippen LogP contribution in [0.4, 0.5) is 0 Å². The lowest BCUT2D eigenvalue weighted by atomic mass is 9.75. The van der Waals surface area contributed by atoms with Crippen molar-refractivity contribution in [2.75, 3.05) is 26.8 Å². The van der Waals surface area contributed by atoms with E-state index in [1.54, 1.807) is 43.5 Å². The average molecular weight is 382 g/mol. The minimum atomic E-state index is -0.765. The summed E-state index contributed by atoms with van der Waals surface area (Å²) in [5.74, 6) is 0.393. The summed E-state index contributed by atoms with van der Waals surface area (Å²) in [4.78, 5) is 31.7. The number of amides is 1. The number of hydrogen-bond donors (Lipinski definition) is 0. The first-order chi connectivity index (χ1) is 13.6. The lowest BCUT2D eigenvalue weighted by molar-refractivity contribution is -0.158.